The lowest BCUT2D eigenvalue weighted by Crippen LogP contribution is -2.20. The molecule has 32 heavy (non-hydrogen) atoms. The number of rotatable bonds is 11. The summed E-state index contributed by atoms with van der Waals surface area (Å²) in [6, 6.07) is 15.2. The molecule has 9 heteroatoms. The number of hydrogen-bond acceptors (Lipinski definition) is 7. The summed E-state index contributed by atoms with van der Waals surface area (Å²) in [5.41, 5.74) is 4.36. The van der Waals surface area contributed by atoms with E-state index in [0.717, 1.165) is 34.9 Å². The van der Waals surface area contributed by atoms with Crippen molar-refractivity contribution in [3.63, 3.8) is 0 Å². The highest BCUT2D eigenvalue weighted by atomic mass is 32.2. The van der Waals surface area contributed by atoms with Gasteiger partial charge in [-0.05, 0) is 67.4 Å². The van der Waals surface area contributed by atoms with Crippen molar-refractivity contribution < 1.29 is 14.3 Å². The number of hydrazone groups is 1. The van der Waals surface area contributed by atoms with Gasteiger partial charge in [-0.25, -0.2) is 5.43 Å². The lowest BCUT2D eigenvalue weighted by atomic mass is 10.2. The number of carbonyl (C=O) groups excluding carboxylic acids is 1. The zero-order valence-electron chi connectivity index (χ0n) is 18.4. The standard InChI is InChI=1S/C23H27N5O3S/c1-4-14-31-20-10-6-17(7-11-20)15-24-25-21(29)16-32-23-27-26-22(28(23)5-2)18-8-12-19(30-3)13-9-18/h6-13,15H,4-5,14,16H2,1-3H3,(H,25,29)/b24-15+. The van der Waals surface area contributed by atoms with Crippen LogP contribution in [0.5, 0.6) is 11.5 Å². The summed E-state index contributed by atoms with van der Waals surface area (Å²) in [5, 5.41) is 13.3. The average molecular weight is 454 g/mol. The Balaban J connectivity index is 1.53. The maximum absolute atomic E-state index is 12.2. The molecule has 2 aromatic carbocycles. The molecule has 0 aliphatic heterocycles. The fourth-order valence-corrected chi connectivity index (χ4v) is 3.64. The summed E-state index contributed by atoms with van der Waals surface area (Å²) in [6.07, 6.45) is 2.56. The Morgan fingerprint density at radius 1 is 1.09 bits per heavy atom. The number of nitrogens with one attached hydrogen (secondary N) is 1. The number of hydrogen-bond donors (Lipinski definition) is 1. The molecule has 0 atom stereocenters. The summed E-state index contributed by atoms with van der Waals surface area (Å²) in [5.74, 6) is 2.32. The van der Waals surface area contributed by atoms with Crippen LogP contribution in [-0.4, -0.2) is 46.4 Å². The van der Waals surface area contributed by atoms with E-state index in [1.54, 1.807) is 13.3 Å². The first kappa shape index (κ1) is 23.3. The molecule has 0 saturated heterocycles. The smallest absolute Gasteiger partial charge is 0.250 e. The highest BCUT2D eigenvalue weighted by molar-refractivity contribution is 7.99. The van der Waals surface area contributed by atoms with Crippen molar-refractivity contribution in [1.82, 2.24) is 20.2 Å². The first-order chi connectivity index (χ1) is 15.6. The Labute approximate surface area is 192 Å². The van der Waals surface area contributed by atoms with E-state index in [1.165, 1.54) is 11.8 Å². The van der Waals surface area contributed by atoms with Gasteiger partial charge in [0.15, 0.2) is 11.0 Å². The molecule has 1 N–H and O–H groups in total. The van der Waals surface area contributed by atoms with Gasteiger partial charge in [-0.15, -0.1) is 10.2 Å². The fraction of sp³-hybridized carbons (Fsp3) is 0.304. The molecule has 1 amide bonds. The van der Waals surface area contributed by atoms with Gasteiger partial charge in [-0.2, -0.15) is 5.10 Å². The largest absolute Gasteiger partial charge is 0.497 e. The zero-order chi connectivity index (χ0) is 22.8. The van der Waals surface area contributed by atoms with Gasteiger partial charge >= 0.3 is 0 Å². The Hall–Kier alpha value is -3.33. The van der Waals surface area contributed by atoms with E-state index in [2.05, 4.69) is 27.6 Å². The quantitative estimate of drug-likeness (QED) is 0.268. The van der Waals surface area contributed by atoms with E-state index in [1.807, 2.05) is 60.0 Å². The molecule has 0 radical (unpaired) electrons. The van der Waals surface area contributed by atoms with Gasteiger partial charge in [-0.1, -0.05) is 18.7 Å². The van der Waals surface area contributed by atoms with Gasteiger partial charge < -0.3 is 14.0 Å². The number of ether oxygens (including phenoxy) is 2. The van der Waals surface area contributed by atoms with E-state index >= 15 is 0 Å². The van der Waals surface area contributed by atoms with Crippen molar-refractivity contribution >= 4 is 23.9 Å². The van der Waals surface area contributed by atoms with Gasteiger partial charge in [0.1, 0.15) is 11.5 Å². The molecule has 0 saturated carbocycles. The number of aromatic nitrogens is 3. The number of thioether (sulfide) groups is 1. The van der Waals surface area contributed by atoms with Crippen molar-refractivity contribution in [3.05, 3.63) is 54.1 Å². The van der Waals surface area contributed by atoms with E-state index < -0.39 is 0 Å². The third kappa shape index (κ3) is 6.34. The van der Waals surface area contributed by atoms with Crippen LogP contribution in [0.3, 0.4) is 0 Å². The van der Waals surface area contributed by atoms with E-state index in [0.29, 0.717) is 18.3 Å². The van der Waals surface area contributed by atoms with Crippen molar-refractivity contribution in [3.8, 4) is 22.9 Å². The highest BCUT2D eigenvalue weighted by Crippen LogP contribution is 2.25. The number of amides is 1. The second-order valence-corrected chi connectivity index (χ2v) is 7.72. The second-order valence-electron chi connectivity index (χ2n) is 6.78. The third-order valence-electron chi connectivity index (χ3n) is 4.47. The minimum Gasteiger partial charge on any atom is -0.497 e. The summed E-state index contributed by atoms with van der Waals surface area (Å²) in [6.45, 7) is 5.46. The normalized spacial score (nSPS) is 11.0. The zero-order valence-corrected chi connectivity index (χ0v) is 19.3. The van der Waals surface area contributed by atoms with Crippen molar-refractivity contribution in [2.45, 2.75) is 32.0 Å². The van der Waals surface area contributed by atoms with E-state index in [4.69, 9.17) is 9.47 Å². The lowest BCUT2D eigenvalue weighted by Gasteiger charge is -2.07. The monoisotopic (exact) mass is 453 g/mol. The van der Waals surface area contributed by atoms with Crippen LogP contribution in [0.15, 0.2) is 58.8 Å². The topological polar surface area (TPSA) is 90.6 Å². The van der Waals surface area contributed by atoms with Crippen molar-refractivity contribution in [2.24, 2.45) is 5.10 Å². The molecule has 0 fully saturated rings. The molecule has 0 aliphatic carbocycles. The van der Waals surface area contributed by atoms with Gasteiger partial charge in [0.05, 0.1) is 25.7 Å². The fourth-order valence-electron chi connectivity index (χ4n) is 2.85. The van der Waals surface area contributed by atoms with Gasteiger partial charge in [-0.3, -0.25) is 4.79 Å². The van der Waals surface area contributed by atoms with Crippen LogP contribution in [0.1, 0.15) is 25.8 Å². The second kappa shape index (κ2) is 11.9. The molecule has 1 heterocycles. The third-order valence-corrected chi connectivity index (χ3v) is 5.44. The molecule has 0 aliphatic rings. The summed E-state index contributed by atoms with van der Waals surface area (Å²) in [7, 11) is 1.63. The minimum atomic E-state index is -0.217. The molecule has 1 aromatic heterocycles. The average Bonchev–Trinajstić information content (AvgIpc) is 3.25. The predicted octanol–water partition coefficient (Wildman–Crippen LogP) is 4.00. The Morgan fingerprint density at radius 3 is 2.47 bits per heavy atom. The van der Waals surface area contributed by atoms with Gasteiger partial charge in [0, 0.05) is 12.1 Å². The van der Waals surface area contributed by atoms with Gasteiger partial charge in [0.25, 0.3) is 5.91 Å². The van der Waals surface area contributed by atoms with Crippen LogP contribution in [0.2, 0.25) is 0 Å². The van der Waals surface area contributed by atoms with Crippen LogP contribution in [0.4, 0.5) is 0 Å². The van der Waals surface area contributed by atoms with E-state index in [9.17, 15) is 4.79 Å². The molecule has 8 nitrogen and oxygen atoms in total. The van der Waals surface area contributed by atoms with Crippen LogP contribution >= 0.6 is 11.8 Å². The van der Waals surface area contributed by atoms with Crippen LogP contribution < -0.4 is 14.9 Å². The minimum absolute atomic E-state index is 0.182. The number of methoxy groups -OCH3 is 1. The van der Waals surface area contributed by atoms with Crippen molar-refractivity contribution in [1.29, 1.82) is 0 Å². The molecule has 3 rings (SSSR count). The lowest BCUT2D eigenvalue weighted by molar-refractivity contribution is -0.118. The molecule has 168 valence electrons. The van der Waals surface area contributed by atoms with Crippen LogP contribution in [0.25, 0.3) is 11.4 Å². The van der Waals surface area contributed by atoms with Crippen molar-refractivity contribution in [2.75, 3.05) is 19.5 Å². The Bertz CT molecular complexity index is 1030. The molecular formula is C23H27N5O3S. The predicted molar refractivity (Wildman–Crippen MR) is 126 cm³/mol. The summed E-state index contributed by atoms with van der Waals surface area (Å²) in [4.78, 5) is 12.2. The van der Waals surface area contributed by atoms with Crippen LogP contribution in [-0.2, 0) is 11.3 Å². The molecule has 0 spiro atoms. The molecule has 0 unspecified atom stereocenters. The Morgan fingerprint density at radius 2 is 1.81 bits per heavy atom. The number of carbonyl (C=O) groups is 1. The molecule has 3 aromatic rings. The summed E-state index contributed by atoms with van der Waals surface area (Å²) >= 11 is 1.32. The molecular weight excluding hydrogens is 426 g/mol. The first-order valence-corrected chi connectivity index (χ1v) is 11.4. The maximum atomic E-state index is 12.2. The van der Waals surface area contributed by atoms with E-state index in [-0.39, 0.29) is 11.7 Å². The van der Waals surface area contributed by atoms with Gasteiger partial charge in [0.2, 0.25) is 0 Å². The highest BCUT2D eigenvalue weighted by Gasteiger charge is 2.14. The first-order valence-electron chi connectivity index (χ1n) is 10.4. The Kier molecular flexibility index (Phi) is 8.68. The number of nitrogens with zero attached hydrogens (tertiary/aromatic N) is 4. The van der Waals surface area contributed by atoms with Crippen LogP contribution in [0, 0.1) is 0 Å². The maximum Gasteiger partial charge on any atom is 0.250 e. The molecule has 0 bridgehead atoms. The summed E-state index contributed by atoms with van der Waals surface area (Å²) < 4.78 is 12.7. The SMILES string of the molecule is CCCOc1ccc(/C=N/NC(=O)CSc2nnc(-c3ccc(OC)cc3)n2CC)cc1. The number of benzene rings is 2.